The highest BCUT2D eigenvalue weighted by atomic mass is 32.2. The number of carbonyl (C=O) groups excluding carboxylic acids is 1. The van der Waals surface area contributed by atoms with Gasteiger partial charge in [-0.25, -0.2) is 4.39 Å². The van der Waals surface area contributed by atoms with Crippen molar-refractivity contribution in [3.63, 3.8) is 0 Å². The van der Waals surface area contributed by atoms with Crippen LogP contribution < -0.4 is 4.90 Å². The summed E-state index contributed by atoms with van der Waals surface area (Å²) in [5.74, 6) is 0.492. The summed E-state index contributed by atoms with van der Waals surface area (Å²) in [5.41, 5.74) is 1.59. The summed E-state index contributed by atoms with van der Waals surface area (Å²) >= 11 is 1.31. The van der Waals surface area contributed by atoms with Crippen LogP contribution in [0.1, 0.15) is 0 Å². The Morgan fingerprint density at radius 2 is 1.89 bits per heavy atom. The van der Waals surface area contributed by atoms with Crippen molar-refractivity contribution < 1.29 is 9.18 Å². The highest BCUT2D eigenvalue weighted by molar-refractivity contribution is 7.99. The molecule has 0 radical (unpaired) electrons. The van der Waals surface area contributed by atoms with Crippen molar-refractivity contribution in [3.8, 4) is 11.4 Å². The van der Waals surface area contributed by atoms with E-state index in [9.17, 15) is 9.18 Å². The zero-order valence-electron chi connectivity index (χ0n) is 14.9. The molecule has 3 rings (SSSR count). The second-order valence-electron chi connectivity index (χ2n) is 5.79. The zero-order chi connectivity index (χ0) is 19.2. The number of aromatic nitrogens is 3. The van der Waals surface area contributed by atoms with E-state index >= 15 is 0 Å². The SMILES string of the molecule is C=CCn1c(SCC(=O)N(C)c2ccccc2)nnc1-c1ccc(F)cc1. The number of nitrogens with zero attached hydrogens (tertiary/aromatic N) is 4. The fraction of sp³-hybridized carbons (Fsp3) is 0.150. The van der Waals surface area contributed by atoms with Crippen LogP contribution in [0, 0.1) is 5.82 Å². The highest BCUT2D eigenvalue weighted by Gasteiger charge is 2.17. The minimum Gasteiger partial charge on any atom is -0.315 e. The molecule has 5 nitrogen and oxygen atoms in total. The quantitative estimate of drug-likeness (QED) is 0.457. The maximum absolute atomic E-state index is 13.2. The lowest BCUT2D eigenvalue weighted by atomic mass is 10.2. The first-order chi connectivity index (χ1) is 13.1. The molecule has 0 saturated carbocycles. The molecule has 27 heavy (non-hydrogen) atoms. The molecule has 0 bridgehead atoms. The van der Waals surface area contributed by atoms with Crippen LogP contribution in [0.25, 0.3) is 11.4 Å². The van der Waals surface area contributed by atoms with Crippen molar-refractivity contribution in [2.24, 2.45) is 0 Å². The third-order valence-electron chi connectivity index (χ3n) is 3.97. The molecule has 1 aromatic heterocycles. The Kier molecular flexibility index (Phi) is 6.03. The van der Waals surface area contributed by atoms with E-state index in [0.29, 0.717) is 17.5 Å². The smallest absolute Gasteiger partial charge is 0.237 e. The lowest BCUT2D eigenvalue weighted by molar-refractivity contribution is -0.115. The summed E-state index contributed by atoms with van der Waals surface area (Å²) in [6, 6.07) is 15.5. The number of rotatable bonds is 7. The molecular formula is C20H19FN4OS. The van der Waals surface area contributed by atoms with Crippen LogP contribution in [-0.4, -0.2) is 33.5 Å². The average Bonchev–Trinajstić information content (AvgIpc) is 3.09. The molecule has 138 valence electrons. The maximum atomic E-state index is 13.2. The molecule has 2 aromatic carbocycles. The van der Waals surface area contributed by atoms with Gasteiger partial charge in [0.15, 0.2) is 11.0 Å². The van der Waals surface area contributed by atoms with Crippen LogP contribution in [0.15, 0.2) is 72.4 Å². The number of thioether (sulfide) groups is 1. The molecule has 0 fully saturated rings. The van der Waals surface area contributed by atoms with Crippen molar-refractivity contribution in [2.45, 2.75) is 11.7 Å². The molecular weight excluding hydrogens is 363 g/mol. The van der Waals surface area contributed by atoms with E-state index in [1.54, 1.807) is 30.2 Å². The molecule has 0 aliphatic carbocycles. The summed E-state index contributed by atoms with van der Waals surface area (Å²) in [5, 5.41) is 9.03. The van der Waals surface area contributed by atoms with Gasteiger partial charge in [-0.1, -0.05) is 36.0 Å². The van der Waals surface area contributed by atoms with E-state index in [2.05, 4.69) is 16.8 Å². The summed E-state index contributed by atoms with van der Waals surface area (Å²) in [4.78, 5) is 14.1. The van der Waals surface area contributed by atoms with Gasteiger partial charge in [0.2, 0.25) is 5.91 Å². The normalized spacial score (nSPS) is 10.6. The van der Waals surface area contributed by atoms with Gasteiger partial charge in [0.1, 0.15) is 5.82 Å². The van der Waals surface area contributed by atoms with Gasteiger partial charge in [-0.15, -0.1) is 16.8 Å². The molecule has 0 spiro atoms. The summed E-state index contributed by atoms with van der Waals surface area (Å²) in [7, 11) is 1.75. The predicted molar refractivity (Wildman–Crippen MR) is 106 cm³/mol. The van der Waals surface area contributed by atoms with Crippen LogP contribution >= 0.6 is 11.8 Å². The second kappa shape index (κ2) is 8.64. The third kappa shape index (κ3) is 4.43. The molecule has 3 aromatic rings. The molecule has 0 saturated heterocycles. The molecule has 1 heterocycles. The van der Waals surface area contributed by atoms with Gasteiger partial charge in [0, 0.05) is 24.8 Å². The lowest BCUT2D eigenvalue weighted by Gasteiger charge is -2.17. The Hall–Kier alpha value is -2.93. The summed E-state index contributed by atoms with van der Waals surface area (Å²) < 4.78 is 15.0. The van der Waals surface area contributed by atoms with E-state index < -0.39 is 0 Å². The van der Waals surface area contributed by atoms with Crippen molar-refractivity contribution >= 4 is 23.4 Å². The van der Waals surface area contributed by atoms with Crippen molar-refractivity contribution in [2.75, 3.05) is 17.7 Å². The Labute approximate surface area is 161 Å². The molecule has 0 atom stereocenters. The molecule has 7 heteroatoms. The van der Waals surface area contributed by atoms with Crippen molar-refractivity contribution in [3.05, 3.63) is 73.1 Å². The van der Waals surface area contributed by atoms with Gasteiger partial charge < -0.3 is 4.90 Å². The monoisotopic (exact) mass is 382 g/mol. The average molecular weight is 382 g/mol. The molecule has 0 N–H and O–H groups in total. The van der Waals surface area contributed by atoms with Gasteiger partial charge in [-0.3, -0.25) is 9.36 Å². The Balaban J connectivity index is 1.76. The first-order valence-electron chi connectivity index (χ1n) is 8.34. The predicted octanol–water partition coefficient (Wildman–Crippen LogP) is 4.03. The number of hydrogen-bond donors (Lipinski definition) is 0. The summed E-state index contributed by atoms with van der Waals surface area (Å²) in [6.45, 7) is 4.26. The van der Waals surface area contributed by atoms with Gasteiger partial charge in [-0.2, -0.15) is 0 Å². The van der Waals surface area contributed by atoms with Crippen LogP contribution in [0.5, 0.6) is 0 Å². The zero-order valence-corrected chi connectivity index (χ0v) is 15.7. The number of amides is 1. The van der Waals surface area contributed by atoms with Gasteiger partial charge >= 0.3 is 0 Å². The van der Waals surface area contributed by atoms with E-state index in [1.165, 1.54) is 23.9 Å². The fourth-order valence-electron chi connectivity index (χ4n) is 2.52. The van der Waals surface area contributed by atoms with E-state index in [4.69, 9.17) is 0 Å². The standard InChI is InChI=1S/C20H19FN4OS/c1-3-13-25-19(15-9-11-16(21)12-10-15)22-23-20(25)27-14-18(26)24(2)17-7-5-4-6-8-17/h3-12H,1,13-14H2,2H3. The van der Waals surface area contributed by atoms with E-state index in [1.807, 2.05) is 34.9 Å². The number of halogens is 1. The number of carbonyl (C=O) groups is 1. The first kappa shape index (κ1) is 18.8. The summed E-state index contributed by atoms with van der Waals surface area (Å²) in [6.07, 6.45) is 1.73. The molecule has 1 amide bonds. The molecule has 0 aliphatic heterocycles. The van der Waals surface area contributed by atoms with Gasteiger partial charge in [0.25, 0.3) is 0 Å². The van der Waals surface area contributed by atoms with Crippen molar-refractivity contribution in [1.29, 1.82) is 0 Å². The Morgan fingerprint density at radius 3 is 2.56 bits per heavy atom. The van der Waals surface area contributed by atoms with Crippen LogP contribution in [0.3, 0.4) is 0 Å². The van der Waals surface area contributed by atoms with E-state index in [0.717, 1.165) is 11.3 Å². The largest absolute Gasteiger partial charge is 0.315 e. The fourth-order valence-corrected chi connectivity index (χ4v) is 3.38. The molecule has 0 aliphatic rings. The second-order valence-corrected chi connectivity index (χ2v) is 6.73. The third-order valence-corrected chi connectivity index (χ3v) is 4.92. The molecule has 0 unspecified atom stereocenters. The lowest BCUT2D eigenvalue weighted by Crippen LogP contribution is -2.27. The minimum absolute atomic E-state index is 0.0392. The van der Waals surface area contributed by atoms with Crippen LogP contribution in [0.4, 0.5) is 10.1 Å². The van der Waals surface area contributed by atoms with E-state index in [-0.39, 0.29) is 17.5 Å². The first-order valence-corrected chi connectivity index (χ1v) is 9.33. The number of anilines is 1. The number of allylic oxidation sites excluding steroid dienone is 1. The highest BCUT2D eigenvalue weighted by Crippen LogP contribution is 2.25. The van der Waals surface area contributed by atoms with Gasteiger partial charge in [-0.05, 0) is 36.4 Å². The Bertz CT molecular complexity index is 925. The minimum atomic E-state index is -0.308. The van der Waals surface area contributed by atoms with Gasteiger partial charge in [0.05, 0.1) is 5.75 Å². The van der Waals surface area contributed by atoms with Crippen molar-refractivity contribution in [1.82, 2.24) is 14.8 Å². The number of hydrogen-bond acceptors (Lipinski definition) is 4. The number of benzene rings is 2. The number of para-hydroxylation sites is 1. The van der Waals surface area contributed by atoms with Crippen LogP contribution in [-0.2, 0) is 11.3 Å². The van der Waals surface area contributed by atoms with Crippen LogP contribution in [0.2, 0.25) is 0 Å². The topological polar surface area (TPSA) is 51.0 Å². The Morgan fingerprint density at radius 1 is 1.19 bits per heavy atom. The maximum Gasteiger partial charge on any atom is 0.237 e.